The molecule has 0 amide bonds. The van der Waals surface area contributed by atoms with Crippen LogP contribution < -0.4 is 28.1 Å². The third-order valence-electron chi connectivity index (χ3n) is 3.53. The van der Waals surface area contributed by atoms with Crippen LogP contribution in [0.1, 0.15) is 5.56 Å². The molecule has 0 atom stereocenters. The van der Waals surface area contributed by atoms with Gasteiger partial charge in [-0.1, -0.05) is 12.1 Å². The number of hydrogen-bond acceptors (Lipinski definition) is 8. The quantitative estimate of drug-likeness (QED) is 0.194. The van der Waals surface area contributed by atoms with Gasteiger partial charge in [0.15, 0.2) is 17.5 Å². The highest BCUT2D eigenvalue weighted by atomic mass is 15.3. The number of rotatable bonds is 6. The number of aliphatic imine (C=N–C) groups is 1. The summed E-state index contributed by atoms with van der Waals surface area (Å²) < 4.78 is 0. The fourth-order valence-electron chi connectivity index (χ4n) is 2.35. The SMILES string of the molecule is N/C=C\C(N)=Nc1cnc(NN)c(NCc2ccc3ncccc3c2)n1. The van der Waals surface area contributed by atoms with Crippen LogP contribution in [0.3, 0.4) is 0 Å². The van der Waals surface area contributed by atoms with Gasteiger partial charge in [0.05, 0.1) is 11.7 Å². The van der Waals surface area contributed by atoms with E-state index >= 15 is 0 Å². The van der Waals surface area contributed by atoms with Crippen LogP contribution in [0.4, 0.5) is 17.5 Å². The molecule has 0 bridgehead atoms. The zero-order chi connectivity index (χ0) is 18.4. The van der Waals surface area contributed by atoms with E-state index in [1.807, 2.05) is 24.3 Å². The van der Waals surface area contributed by atoms with Gasteiger partial charge in [-0.15, -0.1) is 0 Å². The summed E-state index contributed by atoms with van der Waals surface area (Å²) in [5.74, 6) is 6.93. The highest BCUT2D eigenvalue weighted by Gasteiger charge is 2.07. The summed E-state index contributed by atoms with van der Waals surface area (Å²) in [6, 6.07) is 9.95. The molecule has 0 fully saturated rings. The Morgan fingerprint density at radius 2 is 2.08 bits per heavy atom. The Bertz CT molecular complexity index is 965. The van der Waals surface area contributed by atoms with E-state index in [9.17, 15) is 0 Å². The lowest BCUT2D eigenvalue weighted by atomic mass is 10.1. The molecule has 2 heterocycles. The topological polar surface area (TPSA) is 153 Å². The van der Waals surface area contributed by atoms with E-state index < -0.39 is 0 Å². The summed E-state index contributed by atoms with van der Waals surface area (Å²) >= 11 is 0. The second kappa shape index (κ2) is 7.90. The minimum atomic E-state index is 0.225. The highest BCUT2D eigenvalue weighted by molar-refractivity contribution is 5.93. The number of nitrogen functional groups attached to an aromatic ring is 1. The minimum Gasteiger partial charge on any atom is -0.404 e. The molecule has 8 N–H and O–H groups in total. The molecule has 9 heteroatoms. The van der Waals surface area contributed by atoms with Crippen LogP contribution in [0.25, 0.3) is 10.9 Å². The van der Waals surface area contributed by atoms with Crippen molar-refractivity contribution in [1.82, 2.24) is 15.0 Å². The monoisotopic (exact) mass is 349 g/mol. The van der Waals surface area contributed by atoms with Crippen molar-refractivity contribution in [3.05, 3.63) is 60.6 Å². The molecule has 0 aliphatic carbocycles. The van der Waals surface area contributed by atoms with Crippen LogP contribution in [0.2, 0.25) is 0 Å². The number of pyridine rings is 1. The first-order valence-corrected chi connectivity index (χ1v) is 7.83. The second-order valence-electron chi connectivity index (χ2n) is 5.35. The van der Waals surface area contributed by atoms with Crippen LogP contribution in [-0.4, -0.2) is 20.8 Å². The molecule has 0 spiro atoms. The third-order valence-corrected chi connectivity index (χ3v) is 3.53. The molecule has 0 saturated heterocycles. The number of nitrogens with two attached hydrogens (primary N) is 3. The summed E-state index contributed by atoms with van der Waals surface area (Å²) in [7, 11) is 0. The molecule has 26 heavy (non-hydrogen) atoms. The van der Waals surface area contributed by atoms with Gasteiger partial charge in [0.2, 0.25) is 0 Å². The standard InChI is InChI=1S/C17H19N9/c18-6-5-14(19)24-15-10-23-17(26-20)16(25-15)22-9-11-3-4-13-12(8-11)2-1-7-21-13/h1-8,10H,9,18,20H2,(H,23,26)(H3,19,22,24,25)/b6-5-. The minimum absolute atomic E-state index is 0.225. The average Bonchev–Trinajstić information content (AvgIpc) is 2.66. The van der Waals surface area contributed by atoms with E-state index in [0.29, 0.717) is 24.0 Å². The van der Waals surface area contributed by atoms with Crippen molar-refractivity contribution >= 4 is 34.2 Å². The van der Waals surface area contributed by atoms with E-state index in [0.717, 1.165) is 16.5 Å². The number of hydrazine groups is 1. The van der Waals surface area contributed by atoms with Gasteiger partial charge in [0.25, 0.3) is 0 Å². The normalized spacial score (nSPS) is 11.8. The smallest absolute Gasteiger partial charge is 0.183 e. The first-order valence-electron chi connectivity index (χ1n) is 7.83. The molecule has 3 rings (SSSR count). The van der Waals surface area contributed by atoms with Crippen LogP contribution >= 0.6 is 0 Å². The molecule has 0 aliphatic heterocycles. The number of anilines is 2. The summed E-state index contributed by atoms with van der Waals surface area (Å²) in [6.07, 6.45) is 5.99. The zero-order valence-corrected chi connectivity index (χ0v) is 13.9. The molecule has 0 saturated carbocycles. The van der Waals surface area contributed by atoms with Crippen molar-refractivity contribution in [3.63, 3.8) is 0 Å². The van der Waals surface area contributed by atoms with Gasteiger partial charge in [-0.2, -0.15) is 0 Å². The second-order valence-corrected chi connectivity index (χ2v) is 5.35. The predicted octanol–water partition coefficient (Wildman–Crippen LogP) is 1.38. The summed E-state index contributed by atoms with van der Waals surface area (Å²) in [4.78, 5) is 17.0. The Balaban J connectivity index is 1.81. The van der Waals surface area contributed by atoms with Gasteiger partial charge < -0.3 is 22.2 Å². The molecule has 132 valence electrons. The Hall–Kier alpha value is -3.72. The number of nitrogens with one attached hydrogen (secondary N) is 2. The maximum atomic E-state index is 5.70. The van der Waals surface area contributed by atoms with Gasteiger partial charge in [0.1, 0.15) is 5.84 Å². The first kappa shape index (κ1) is 17.1. The number of nitrogens with zero attached hydrogens (tertiary/aromatic N) is 4. The lowest BCUT2D eigenvalue weighted by Gasteiger charge is -2.11. The van der Waals surface area contributed by atoms with E-state index in [4.69, 9.17) is 17.3 Å². The van der Waals surface area contributed by atoms with Crippen LogP contribution in [-0.2, 0) is 6.54 Å². The van der Waals surface area contributed by atoms with E-state index in [-0.39, 0.29) is 5.84 Å². The largest absolute Gasteiger partial charge is 0.404 e. The van der Waals surface area contributed by atoms with E-state index in [1.165, 1.54) is 18.5 Å². The van der Waals surface area contributed by atoms with Crippen molar-refractivity contribution in [2.24, 2.45) is 22.3 Å². The zero-order valence-electron chi connectivity index (χ0n) is 13.9. The van der Waals surface area contributed by atoms with Crippen LogP contribution in [0, 0.1) is 0 Å². The number of benzene rings is 1. The molecule has 2 aromatic heterocycles. The van der Waals surface area contributed by atoms with Crippen molar-refractivity contribution in [3.8, 4) is 0 Å². The summed E-state index contributed by atoms with van der Waals surface area (Å²) in [5.41, 5.74) is 15.5. The van der Waals surface area contributed by atoms with E-state index in [1.54, 1.807) is 6.20 Å². The van der Waals surface area contributed by atoms with Gasteiger partial charge in [0, 0.05) is 18.1 Å². The van der Waals surface area contributed by atoms with Crippen molar-refractivity contribution in [2.75, 3.05) is 10.7 Å². The van der Waals surface area contributed by atoms with Gasteiger partial charge in [-0.3, -0.25) is 4.98 Å². The maximum Gasteiger partial charge on any atom is 0.183 e. The number of hydrogen-bond donors (Lipinski definition) is 5. The van der Waals surface area contributed by atoms with E-state index in [2.05, 4.69) is 36.8 Å². The number of fused-ring (bicyclic) bond motifs is 1. The molecule has 3 aromatic rings. The molecule has 0 aliphatic rings. The lowest BCUT2D eigenvalue weighted by Crippen LogP contribution is -2.13. The lowest BCUT2D eigenvalue weighted by molar-refractivity contribution is 1.07. The fraction of sp³-hybridized carbons (Fsp3) is 0.0588. The number of amidine groups is 1. The summed E-state index contributed by atoms with van der Waals surface area (Å²) in [5, 5.41) is 4.27. The Kier molecular flexibility index (Phi) is 5.20. The Labute approximate surface area is 150 Å². The average molecular weight is 349 g/mol. The van der Waals surface area contributed by atoms with Gasteiger partial charge in [-0.25, -0.2) is 20.8 Å². The molecule has 1 aromatic carbocycles. The first-order chi connectivity index (χ1) is 12.7. The molecule has 0 unspecified atom stereocenters. The van der Waals surface area contributed by atoms with Crippen molar-refractivity contribution in [1.29, 1.82) is 0 Å². The Morgan fingerprint density at radius 1 is 1.19 bits per heavy atom. The number of aromatic nitrogens is 3. The molecule has 9 nitrogen and oxygen atoms in total. The van der Waals surface area contributed by atoms with Crippen LogP contribution in [0.5, 0.6) is 0 Å². The molecular formula is C17H19N9. The highest BCUT2D eigenvalue weighted by Crippen LogP contribution is 2.21. The van der Waals surface area contributed by atoms with Gasteiger partial charge >= 0.3 is 0 Å². The predicted molar refractivity (Wildman–Crippen MR) is 104 cm³/mol. The molecule has 0 radical (unpaired) electrons. The van der Waals surface area contributed by atoms with Crippen molar-refractivity contribution < 1.29 is 0 Å². The third kappa shape index (κ3) is 4.02. The van der Waals surface area contributed by atoms with Crippen LogP contribution in [0.15, 0.2) is 60.0 Å². The van der Waals surface area contributed by atoms with Gasteiger partial charge in [-0.05, 0) is 36.0 Å². The molecular weight excluding hydrogens is 330 g/mol. The maximum absolute atomic E-state index is 5.70. The summed E-state index contributed by atoms with van der Waals surface area (Å²) in [6.45, 7) is 0.527. The van der Waals surface area contributed by atoms with Crippen molar-refractivity contribution in [2.45, 2.75) is 6.54 Å². The fourth-order valence-corrected chi connectivity index (χ4v) is 2.35. The Morgan fingerprint density at radius 3 is 2.88 bits per heavy atom.